The maximum absolute atomic E-state index is 5.63. The van der Waals surface area contributed by atoms with Crippen molar-refractivity contribution in [1.82, 2.24) is 24.5 Å². The van der Waals surface area contributed by atoms with E-state index >= 15 is 0 Å². The molecule has 0 aromatic carbocycles. The summed E-state index contributed by atoms with van der Waals surface area (Å²) in [4.78, 5) is 12.1. The van der Waals surface area contributed by atoms with E-state index in [1.54, 1.807) is 0 Å². The molecule has 0 spiro atoms. The third kappa shape index (κ3) is 39.9. The predicted molar refractivity (Wildman–Crippen MR) is 259 cm³/mol. The van der Waals surface area contributed by atoms with E-state index in [1.807, 2.05) is 11.8 Å². The number of hydrogen-bond acceptors (Lipinski definition) is 14. The summed E-state index contributed by atoms with van der Waals surface area (Å²) >= 11 is 1.85. The minimum absolute atomic E-state index is 0.536. The van der Waals surface area contributed by atoms with Crippen molar-refractivity contribution in [2.75, 3.05) is 157 Å². The molecule has 4 heterocycles. The summed E-state index contributed by atoms with van der Waals surface area (Å²) in [5.41, 5.74) is 37.8. The monoisotopic (exact) mass is 849 g/mol. The predicted octanol–water partition coefficient (Wildman–Crippen LogP) is 3.22. The summed E-state index contributed by atoms with van der Waals surface area (Å²) < 4.78 is 5.16. The van der Waals surface area contributed by atoms with E-state index in [0.29, 0.717) is 6.04 Å². The van der Waals surface area contributed by atoms with Gasteiger partial charge in [0.15, 0.2) is 0 Å². The zero-order valence-corrected chi connectivity index (χ0v) is 39.9. The summed E-state index contributed by atoms with van der Waals surface area (Å²) in [6, 6.07) is 1.32. The molecule has 1 unspecified atom stereocenters. The van der Waals surface area contributed by atoms with Crippen LogP contribution in [0.5, 0.6) is 0 Å². The zero-order chi connectivity index (χ0) is 43.3. The van der Waals surface area contributed by atoms with E-state index in [-0.39, 0.29) is 0 Å². The highest BCUT2D eigenvalue weighted by molar-refractivity contribution is 7.98. The highest BCUT2D eigenvalue weighted by Gasteiger charge is 2.19. The molecule has 0 aromatic heterocycles. The Morgan fingerprint density at radius 1 is 0.552 bits per heavy atom. The first-order valence-corrected chi connectivity index (χ1v) is 25.3. The van der Waals surface area contributed by atoms with Gasteiger partial charge in [-0.25, -0.2) is 0 Å². The van der Waals surface area contributed by atoms with Crippen molar-refractivity contribution in [2.45, 2.75) is 129 Å². The second kappa shape index (κ2) is 47.9. The molecule has 1 atom stereocenters. The van der Waals surface area contributed by atoms with Crippen LogP contribution in [0.25, 0.3) is 0 Å². The lowest BCUT2D eigenvalue weighted by Crippen LogP contribution is -2.39. The van der Waals surface area contributed by atoms with Gasteiger partial charge < -0.3 is 64.5 Å². The Hall–Kier alpha value is -0.170. The number of nitrogens with zero attached hydrogens (tertiary/aromatic N) is 5. The van der Waals surface area contributed by atoms with Gasteiger partial charge in [0.1, 0.15) is 0 Å². The van der Waals surface area contributed by atoms with Crippen molar-refractivity contribution in [3.8, 4) is 0 Å². The zero-order valence-electron chi connectivity index (χ0n) is 39.1. The number of piperidine rings is 1. The molecule has 352 valence electrons. The molecule has 5 fully saturated rings. The van der Waals surface area contributed by atoms with E-state index in [0.717, 1.165) is 117 Å². The Labute approximate surface area is 365 Å². The molecule has 14 N–H and O–H groups in total. The van der Waals surface area contributed by atoms with Crippen LogP contribution < -0.4 is 40.1 Å². The molecule has 4 saturated heterocycles. The van der Waals surface area contributed by atoms with Crippen molar-refractivity contribution in [3.05, 3.63) is 0 Å². The molecule has 0 aromatic rings. The Bertz CT molecular complexity index is 717. The molecule has 5 aliphatic rings. The summed E-state index contributed by atoms with van der Waals surface area (Å²) in [7, 11) is 2.19. The average Bonchev–Trinajstić information content (AvgIpc) is 3.94. The minimum atomic E-state index is 0.536. The number of rotatable bonds is 17. The van der Waals surface area contributed by atoms with Gasteiger partial charge in [0.2, 0.25) is 0 Å². The third-order valence-corrected chi connectivity index (χ3v) is 12.0. The smallest absolute Gasteiger partial charge is 0.0594 e. The van der Waals surface area contributed by atoms with Gasteiger partial charge in [-0.1, -0.05) is 39.5 Å². The quantitative estimate of drug-likeness (QED) is 0.105. The number of likely N-dealkylation sites (tertiary alicyclic amines) is 3. The lowest BCUT2D eigenvalue weighted by molar-refractivity contribution is 0.0394. The number of morpholine rings is 1. The minimum Gasteiger partial charge on any atom is -0.379 e. The second-order valence-electron chi connectivity index (χ2n) is 16.2. The third-order valence-electron chi connectivity index (χ3n) is 11.3. The molecular formula is C44H104N12OS. The molecule has 5 rings (SSSR count). The largest absolute Gasteiger partial charge is 0.379 e. The molecule has 0 bridgehead atoms. The summed E-state index contributed by atoms with van der Waals surface area (Å²) in [5.74, 6) is 1.20. The molecule has 0 radical (unpaired) electrons. The van der Waals surface area contributed by atoms with Crippen molar-refractivity contribution in [2.24, 2.45) is 40.1 Å². The lowest BCUT2D eigenvalue weighted by atomic mass is 9.97. The molecular weight excluding hydrogens is 745 g/mol. The van der Waals surface area contributed by atoms with Gasteiger partial charge in [0, 0.05) is 51.4 Å². The Balaban J connectivity index is 0. The van der Waals surface area contributed by atoms with Crippen molar-refractivity contribution < 1.29 is 4.74 Å². The number of ether oxygens (including phenoxy) is 1. The summed E-state index contributed by atoms with van der Waals surface area (Å²) in [5, 5.41) is 0. The Kier molecular flexibility index (Phi) is 49.5. The van der Waals surface area contributed by atoms with Gasteiger partial charge in [0.25, 0.3) is 0 Å². The van der Waals surface area contributed by atoms with E-state index < -0.39 is 0 Å². The van der Waals surface area contributed by atoms with Crippen molar-refractivity contribution >= 4 is 11.8 Å². The molecule has 4 aliphatic heterocycles. The molecule has 1 saturated carbocycles. The maximum atomic E-state index is 5.63. The topological polar surface area (TPSA) is 208 Å². The average molecular weight is 849 g/mol. The fourth-order valence-corrected chi connectivity index (χ4v) is 7.90. The number of nitrogens with two attached hydrogens (primary N) is 7. The van der Waals surface area contributed by atoms with Gasteiger partial charge in [-0.15, -0.1) is 0 Å². The number of thioether (sulfide) groups is 1. The van der Waals surface area contributed by atoms with Crippen LogP contribution >= 0.6 is 11.8 Å². The van der Waals surface area contributed by atoms with E-state index in [9.17, 15) is 0 Å². The molecule has 13 nitrogen and oxygen atoms in total. The fraction of sp³-hybridized carbons (Fsp3) is 1.00. The van der Waals surface area contributed by atoms with E-state index in [4.69, 9.17) is 44.9 Å². The number of hydrogen-bond donors (Lipinski definition) is 7. The lowest BCUT2D eigenvalue weighted by Gasteiger charge is -2.25. The molecule has 58 heavy (non-hydrogen) atoms. The Morgan fingerprint density at radius 3 is 1.45 bits per heavy atom. The second-order valence-corrected chi connectivity index (χ2v) is 17.2. The van der Waals surface area contributed by atoms with Crippen molar-refractivity contribution in [3.63, 3.8) is 0 Å². The van der Waals surface area contributed by atoms with Crippen LogP contribution in [-0.2, 0) is 4.74 Å². The maximum Gasteiger partial charge on any atom is 0.0594 e. The SMILES string of the molecule is CCN(CC)CCCN.CN1CCCC1CCN.CSCCCN.NC1CCCCC1.NCCCN1CCCC1.NCCN1CCCCC1.NCCN1CCOCC1. The van der Waals surface area contributed by atoms with E-state index in [2.05, 4.69) is 51.7 Å². The highest BCUT2D eigenvalue weighted by atomic mass is 32.2. The van der Waals surface area contributed by atoms with Crippen LogP contribution in [0.15, 0.2) is 0 Å². The van der Waals surface area contributed by atoms with Crippen LogP contribution in [0.2, 0.25) is 0 Å². The molecule has 14 heteroatoms. The van der Waals surface area contributed by atoms with Crippen LogP contribution in [0.4, 0.5) is 0 Å². The van der Waals surface area contributed by atoms with Crippen LogP contribution in [0.3, 0.4) is 0 Å². The summed E-state index contributed by atoms with van der Waals surface area (Å²) in [6.45, 7) is 26.4. The van der Waals surface area contributed by atoms with Crippen LogP contribution in [0, 0.1) is 0 Å². The first-order valence-electron chi connectivity index (χ1n) is 23.9. The van der Waals surface area contributed by atoms with Crippen LogP contribution in [0.1, 0.15) is 117 Å². The first kappa shape index (κ1) is 59.9. The Morgan fingerprint density at radius 2 is 1.05 bits per heavy atom. The molecule has 0 amide bonds. The van der Waals surface area contributed by atoms with Gasteiger partial charge in [0.05, 0.1) is 13.2 Å². The van der Waals surface area contributed by atoms with Gasteiger partial charge in [-0.3, -0.25) is 4.90 Å². The normalized spacial score (nSPS) is 20.4. The standard InChI is InChI=1S/3C7H16N2.C7H18N2.C6H14N2O.C6H13N.C4H11NS/c1-9-6-2-3-7(9)4-5-8;8-4-3-7-9-5-1-2-6-9;8-4-7-9-5-2-1-3-6-9;1-3-9(4-2)7-5-6-8;7-1-2-8-3-5-9-6-4-8;7-6-4-2-1-3-5-6;1-6-4-2-3-5/h7H,2-6,8H2,1H3;2*1-8H2;3-8H2,1-2H3;1-7H2;6H,1-5,7H2;2-5H2,1H3. The first-order chi connectivity index (χ1) is 28.3. The molecule has 1 aliphatic carbocycles. The van der Waals surface area contributed by atoms with Gasteiger partial charge in [-0.2, -0.15) is 11.8 Å². The van der Waals surface area contributed by atoms with Gasteiger partial charge >= 0.3 is 0 Å². The van der Waals surface area contributed by atoms with Crippen molar-refractivity contribution in [1.29, 1.82) is 0 Å². The summed E-state index contributed by atoms with van der Waals surface area (Å²) in [6.07, 6.45) is 23.1. The van der Waals surface area contributed by atoms with Crippen LogP contribution in [-0.4, -0.2) is 193 Å². The fourth-order valence-electron chi connectivity index (χ4n) is 7.45. The van der Waals surface area contributed by atoms with Gasteiger partial charge in [-0.05, 0) is 181 Å². The highest BCUT2D eigenvalue weighted by Crippen LogP contribution is 2.16. The van der Waals surface area contributed by atoms with E-state index in [1.165, 1.54) is 135 Å².